The second-order valence-electron chi connectivity index (χ2n) is 8.10. The van der Waals surface area contributed by atoms with E-state index in [0.717, 1.165) is 51.3 Å². The first-order valence-electron chi connectivity index (χ1n) is 11.1. The molecule has 4 rings (SSSR count). The lowest BCUT2D eigenvalue weighted by Crippen LogP contribution is -2.43. The molecule has 10 heteroatoms. The Bertz CT molecular complexity index is 1080. The normalized spacial score (nSPS) is 18.7. The van der Waals surface area contributed by atoms with Crippen molar-refractivity contribution in [1.29, 1.82) is 0 Å². The van der Waals surface area contributed by atoms with Gasteiger partial charge in [0.1, 0.15) is 5.75 Å². The van der Waals surface area contributed by atoms with Crippen molar-refractivity contribution in [3.8, 4) is 5.75 Å². The van der Waals surface area contributed by atoms with Crippen LogP contribution in [0.1, 0.15) is 23.2 Å². The van der Waals surface area contributed by atoms with Crippen LogP contribution in [-0.2, 0) is 14.8 Å². The van der Waals surface area contributed by atoms with Crippen LogP contribution >= 0.6 is 0 Å². The number of sulfonamides is 1. The van der Waals surface area contributed by atoms with Gasteiger partial charge in [-0.05, 0) is 43.2 Å². The zero-order chi connectivity index (χ0) is 23.3. The quantitative estimate of drug-likeness (QED) is 0.535. The van der Waals surface area contributed by atoms with Gasteiger partial charge in [0.25, 0.3) is 15.9 Å². The number of carbonyl (C=O) groups excluding carboxylic acids is 1. The van der Waals surface area contributed by atoms with Crippen LogP contribution in [0.5, 0.6) is 5.75 Å². The fraction of sp³-hybridized carbons (Fsp3) is 0.435. The lowest BCUT2D eigenvalue weighted by atomic mass is 10.1. The highest BCUT2D eigenvalue weighted by Gasteiger charge is 2.22. The summed E-state index contributed by atoms with van der Waals surface area (Å²) in [5, 5.41) is 6.19. The SMILES string of the molecule is COc1cccc(S(=O)(=O)Nc2cc(C(=O)NCC3CCCO3)ccc2N2CCNCC2)c1. The second kappa shape index (κ2) is 10.4. The maximum absolute atomic E-state index is 13.2. The summed E-state index contributed by atoms with van der Waals surface area (Å²) in [5.41, 5.74) is 1.48. The van der Waals surface area contributed by atoms with E-state index in [-0.39, 0.29) is 16.9 Å². The number of carbonyl (C=O) groups is 1. The Morgan fingerprint density at radius 3 is 2.76 bits per heavy atom. The van der Waals surface area contributed by atoms with Crippen LogP contribution in [0.4, 0.5) is 11.4 Å². The number of amides is 1. The molecule has 2 fully saturated rings. The summed E-state index contributed by atoms with van der Waals surface area (Å²) in [6.45, 7) is 4.22. The summed E-state index contributed by atoms with van der Waals surface area (Å²) in [6, 6.07) is 11.4. The Morgan fingerprint density at radius 1 is 1.21 bits per heavy atom. The number of ether oxygens (including phenoxy) is 2. The van der Waals surface area contributed by atoms with E-state index in [1.807, 2.05) is 0 Å². The number of anilines is 2. The predicted octanol–water partition coefficient (Wildman–Crippen LogP) is 1.81. The van der Waals surface area contributed by atoms with E-state index < -0.39 is 10.0 Å². The minimum absolute atomic E-state index is 0.0279. The smallest absolute Gasteiger partial charge is 0.262 e. The average molecular weight is 475 g/mol. The highest BCUT2D eigenvalue weighted by molar-refractivity contribution is 7.92. The molecule has 1 unspecified atom stereocenters. The maximum atomic E-state index is 13.2. The van der Waals surface area contributed by atoms with E-state index in [0.29, 0.717) is 23.5 Å². The van der Waals surface area contributed by atoms with E-state index in [9.17, 15) is 13.2 Å². The average Bonchev–Trinajstić information content (AvgIpc) is 3.36. The molecule has 0 saturated carbocycles. The molecule has 0 bridgehead atoms. The molecule has 33 heavy (non-hydrogen) atoms. The van der Waals surface area contributed by atoms with E-state index in [1.54, 1.807) is 30.3 Å². The molecule has 2 aromatic carbocycles. The molecule has 2 aromatic rings. The first-order valence-corrected chi connectivity index (χ1v) is 12.6. The van der Waals surface area contributed by atoms with Crippen LogP contribution in [-0.4, -0.2) is 66.9 Å². The largest absolute Gasteiger partial charge is 0.497 e. The molecule has 0 aromatic heterocycles. The molecule has 0 spiro atoms. The molecule has 2 aliphatic heterocycles. The first kappa shape index (κ1) is 23.3. The van der Waals surface area contributed by atoms with Gasteiger partial charge in [-0.25, -0.2) is 8.42 Å². The summed E-state index contributed by atoms with van der Waals surface area (Å²) < 4.78 is 39.8. The second-order valence-corrected chi connectivity index (χ2v) is 9.78. The van der Waals surface area contributed by atoms with E-state index in [2.05, 4.69) is 20.3 Å². The van der Waals surface area contributed by atoms with Crippen molar-refractivity contribution < 1.29 is 22.7 Å². The summed E-state index contributed by atoms with van der Waals surface area (Å²) in [5.74, 6) is 0.182. The van der Waals surface area contributed by atoms with Gasteiger partial charge in [0, 0.05) is 51.0 Å². The molecule has 0 aliphatic carbocycles. The molecule has 178 valence electrons. The van der Waals surface area contributed by atoms with Gasteiger partial charge in [-0.3, -0.25) is 9.52 Å². The molecule has 2 heterocycles. The van der Waals surface area contributed by atoms with Crippen molar-refractivity contribution in [3.63, 3.8) is 0 Å². The molecule has 2 aliphatic rings. The maximum Gasteiger partial charge on any atom is 0.262 e. The molecule has 9 nitrogen and oxygen atoms in total. The highest BCUT2D eigenvalue weighted by Crippen LogP contribution is 2.30. The molecular formula is C23H30N4O5S. The Hall–Kier alpha value is -2.82. The van der Waals surface area contributed by atoms with Crippen molar-refractivity contribution in [2.75, 3.05) is 56.1 Å². The van der Waals surface area contributed by atoms with Crippen LogP contribution < -0.4 is 25.0 Å². The van der Waals surface area contributed by atoms with Gasteiger partial charge < -0.3 is 25.0 Å². The minimum Gasteiger partial charge on any atom is -0.497 e. The van der Waals surface area contributed by atoms with Crippen molar-refractivity contribution in [2.45, 2.75) is 23.8 Å². The molecule has 3 N–H and O–H groups in total. The Labute approximate surface area is 194 Å². The minimum atomic E-state index is -3.90. The molecule has 0 radical (unpaired) electrons. The third kappa shape index (κ3) is 5.76. The summed E-state index contributed by atoms with van der Waals surface area (Å²) >= 11 is 0. The van der Waals surface area contributed by atoms with Gasteiger partial charge in [-0.1, -0.05) is 6.07 Å². The number of methoxy groups -OCH3 is 1. The third-order valence-electron chi connectivity index (χ3n) is 5.83. The fourth-order valence-corrected chi connectivity index (χ4v) is 5.13. The van der Waals surface area contributed by atoms with Gasteiger partial charge in [0.2, 0.25) is 0 Å². The van der Waals surface area contributed by atoms with Crippen LogP contribution in [0.2, 0.25) is 0 Å². The number of rotatable bonds is 8. The third-order valence-corrected chi connectivity index (χ3v) is 7.19. The fourth-order valence-electron chi connectivity index (χ4n) is 4.03. The van der Waals surface area contributed by atoms with E-state index >= 15 is 0 Å². The topological polar surface area (TPSA) is 109 Å². The molecule has 2 saturated heterocycles. The van der Waals surface area contributed by atoms with Crippen LogP contribution in [0.3, 0.4) is 0 Å². The Balaban J connectivity index is 1.60. The Morgan fingerprint density at radius 2 is 2.03 bits per heavy atom. The van der Waals surface area contributed by atoms with E-state index in [1.165, 1.54) is 19.2 Å². The van der Waals surface area contributed by atoms with Crippen LogP contribution in [0.25, 0.3) is 0 Å². The number of nitrogens with one attached hydrogen (secondary N) is 3. The summed E-state index contributed by atoms with van der Waals surface area (Å²) in [4.78, 5) is 15.0. The summed E-state index contributed by atoms with van der Waals surface area (Å²) in [6.07, 6.45) is 1.95. The number of hydrogen-bond donors (Lipinski definition) is 3. The highest BCUT2D eigenvalue weighted by atomic mass is 32.2. The standard InChI is InChI=1S/C23H30N4O5S/c1-31-18-4-2-6-20(15-18)33(29,30)26-21-14-17(23(28)25-16-19-5-3-13-32-19)7-8-22(21)27-11-9-24-10-12-27/h2,4,6-8,14-15,19,24,26H,3,5,9-13,16H2,1H3,(H,25,28). The number of nitrogens with zero attached hydrogens (tertiary/aromatic N) is 1. The zero-order valence-corrected chi connectivity index (χ0v) is 19.5. The van der Waals surface area contributed by atoms with E-state index in [4.69, 9.17) is 9.47 Å². The lowest BCUT2D eigenvalue weighted by molar-refractivity contribution is 0.0858. The number of benzene rings is 2. The molecule has 1 atom stereocenters. The van der Waals surface area contributed by atoms with Crippen LogP contribution in [0.15, 0.2) is 47.4 Å². The van der Waals surface area contributed by atoms with Gasteiger partial charge in [-0.15, -0.1) is 0 Å². The zero-order valence-electron chi connectivity index (χ0n) is 18.7. The number of hydrogen-bond acceptors (Lipinski definition) is 7. The monoisotopic (exact) mass is 474 g/mol. The molecule has 1 amide bonds. The summed E-state index contributed by atoms with van der Waals surface area (Å²) in [7, 11) is -2.41. The van der Waals surface area contributed by atoms with Crippen molar-refractivity contribution in [3.05, 3.63) is 48.0 Å². The van der Waals surface area contributed by atoms with Gasteiger partial charge in [-0.2, -0.15) is 0 Å². The van der Waals surface area contributed by atoms with Gasteiger partial charge in [0.15, 0.2) is 0 Å². The van der Waals surface area contributed by atoms with Crippen LogP contribution in [0, 0.1) is 0 Å². The van der Waals surface area contributed by atoms with Crippen molar-refractivity contribution >= 4 is 27.3 Å². The van der Waals surface area contributed by atoms with Crippen molar-refractivity contribution in [1.82, 2.24) is 10.6 Å². The number of piperazine rings is 1. The van der Waals surface area contributed by atoms with Gasteiger partial charge in [0.05, 0.1) is 29.5 Å². The first-order chi connectivity index (χ1) is 16.0. The van der Waals surface area contributed by atoms with Gasteiger partial charge >= 0.3 is 0 Å². The predicted molar refractivity (Wildman–Crippen MR) is 127 cm³/mol. The molecular weight excluding hydrogens is 444 g/mol. The lowest BCUT2D eigenvalue weighted by Gasteiger charge is -2.31. The Kier molecular flexibility index (Phi) is 7.36. The van der Waals surface area contributed by atoms with Crippen molar-refractivity contribution in [2.24, 2.45) is 0 Å².